The molecule has 1 aromatic rings. The molecule has 1 fully saturated rings. The van der Waals surface area contributed by atoms with Crippen LogP contribution in [0.15, 0.2) is 12.1 Å². The number of anilines is 1. The SMILES string of the molecule is CCNc1ccc(C(=O)N2CCC(OCC)CC2)nn1. The van der Waals surface area contributed by atoms with Gasteiger partial charge in [-0.3, -0.25) is 4.79 Å². The van der Waals surface area contributed by atoms with E-state index in [1.54, 1.807) is 12.1 Å². The van der Waals surface area contributed by atoms with Gasteiger partial charge < -0.3 is 15.0 Å². The maximum atomic E-state index is 12.3. The Morgan fingerprint density at radius 2 is 2.10 bits per heavy atom. The number of ether oxygens (including phenoxy) is 1. The predicted octanol–water partition coefficient (Wildman–Crippen LogP) is 1.55. The molecular weight excluding hydrogens is 256 g/mol. The number of nitrogens with one attached hydrogen (secondary N) is 1. The van der Waals surface area contributed by atoms with Gasteiger partial charge in [-0.05, 0) is 38.8 Å². The number of piperidine rings is 1. The van der Waals surface area contributed by atoms with Gasteiger partial charge in [0.2, 0.25) is 0 Å². The van der Waals surface area contributed by atoms with Gasteiger partial charge in [0.05, 0.1) is 6.10 Å². The number of amides is 1. The number of hydrogen-bond donors (Lipinski definition) is 1. The van der Waals surface area contributed by atoms with E-state index in [9.17, 15) is 4.79 Å². The van der Waals surface area contributed by atoms with Gasteiger partial charge in [-0.25, -0.2) is 0 Å². The van der Waals surface area contributed by atoms with E-state index in [0.717, 1.165) is 39.1 Å². The van der Waals surface area contributed by atoms with Crippen LogP contribution in [-0.4, -0.2) is 53.3 Å². The van der Waals surface area contributed by atoms with Crippen LogP contribution in [-0.2, 0) is 4.74 Å². The number of aromatic nitrogens is 2. The van der Waals surface area contributed by atoms with E-state index in [1.165, 1.54) is 0 Å². The molecule has 1 saturated heterocycles. The molecule has 1 amide bonds. The van der Waals surface area contributed by atoms with E-state index in [-0.39, 0.29) is 12.0 Å². The van der Waals surface area contributed by atoms with Gasteiger partial charge in [0, 0.05) is 26.2 Å². The normalized spacial score (nSPS) is 16.2. The molecule has 0 bridgehead atoms. The van der Waals surface area contributed by atoms with E-state index < -0.39 is 0 Å². The summed E-state index contributed by atoms with van der Waals surface area (Å²) in [5.41, 5.74) is 0.404. The minimum Gasteiger partial charge on any atom is -0.378 e. The molecule has 20 heavy (non-hydrogen) atoms. The Kier molecular flexibility index (Phi) is 5.29. The summed E-state index contributed by atoms with van der Waals surface area (Å²) < 4.78 is 5.58. The Hall–Kier alpha value is -1.69. The van der Waals surface area contributed by atoms with Crippen molar-refractivity contribution in [2.75, 3.05) is 31.6 Å². The second-order valence-corrected chi connectivity index (χ2v) is 4.78. The minimum absolute atomic E-state index is 0.0458. The maximum absolute atomic E-state index is 12.3. The first-order valence-electron chi connectivity index (χ1n) is 7.23. The average molecular weight is 278 g/mol. The molecule has 0 radical (unpaired) electrons. The Bertz CT molecular complexity index is 427. The van der Waals surface area contributed by atoms with Crippen LogP contribution in [0.2, 0.25) is 0 Å². The summed E-state index contributed by atoms with van der Waals surface area (Å²) in [6.45, 7) is 6.95. The molecule has 6 nitrogen and oxygen atoms in total. The van der Waals surface area contributed by atoms with Crippen molar-refractivity contribution in [3.8, 4) is 0 Å². The Balaban J connectivity index is 1.91. The Morgan fingerprint density at radius 3 is 2.65 bits per heavy atom. The molecule has 1 N–H and O–H groups in total. The fourth-order valence-corrected chi connectivity index (χ4v) is 2.34. The van der Waals surface area contributed by atoms with Crippen LogP contribution in [0.3, 0.4) is 0 Å². The molecule has 0 atom stereocenters. The number of hydrogen-bond acceptors (Lipinski definition) is 5. The van der Waals surface area contributed by atoms with Gasteiger partial charge >= 0.3 is 0 Å². The lowest BCUT2D eigenvalue weighted by Gasteiger charge is -2.31. The first kappa shape index (κ1) is 14.7. The van der Waals surface area contributed by atoms with Crippen molar-refractivity contribution in [3.63, 3.8) is 0 Å². The minimum atomic E-state index is -0.0458. The van der Waals surface area contributed by atoms with Crippen LogP contribution in [0, 0.1) is 0 Å². The number of carbonyl (C=O) groups is 1. The van der Waals surface area contributed by atoms with E-state index >= 15 is 0 Å². The zero-order valence-electron chi connectivity index (χ0n) is 12.1. The fraction of sp³-hybridized carbons (Fsp3) is 0.643. The molecule has 6 heteroatoms. The highest BCUT2D eigenvalue weighted by atomic mass is 16.5. The second-order valence-electron chi connectivity index (χ2n) is 4.78. The van der Waals surface area contributed by atoms with Crippen molar-refractivity contribution < 1.29 is 9.53 Å². The van der Waals surface area contributed by atoms with Crippen molar-refractivity contribution in [2.45, 2.75) is 32.8 Å². The monoisotopic (exact) mass is 278 g/mol. The summed E-state index contributed by atoms with van der Waals surface area (Å²) in [5, 5.41) is 11.0. The van der Waals surface area contributed by atoms with Gasteiger partial charge in [-0.2, -0.15) is 0 Å². The zero-order valence-corrected chi connectivity index (χ0v) is 12.1. The van der Waals surface area contributed by atoms with E-state index in [4.69, 9.17) is 4.74 Å². The van der Waals surface area contributed by atoms with E-state index in [2.05, 4.69) is 15.5 Å². The van der Waals surface area contributed by atoms with Crippen LogP contribution in [0.4, 0.5) is 5.82 Å². The highest BCUT2D eigenvalue weighted by Crippen LogP contribution is 2.15. The van der Waals surface area contributed by atoms with Gasteiger partial charge in [0.25, 0.3) is 5.91 Å². The number of carbonyl (C=O) groups excluding carboxylic acids is 1. The lowest BCUT2D eigenvalue weighted by Crippen LogP contribution is -2.41. The third-order valence-electron chi connectivity index (χ3n) is 3.37. The predicted molar refractivity (Wildman–Crippen MR) is 76.7 cm³/mol. The van der Waals surface area contributed by atoms with Crippen LogP contribution >= 0.6 is 0 Å². The standard InChI is InChI=1S/C14H22N4O2/c1-3-15-13-6-5-12(16-17-13)14(19)18-9-7-11(8-10-18)20-4-2/h5-6,11H,3-4,7-10H2,1-2H3,(H,15,17). The van der Waals surface area contributed by atoms with E-state index in [1.807, 2.05) is 18.7 Å². The van der Waals surface area contributed by atoms with Crippen molar-refractivity contribution in [3.05, 3.63) is 17.8 Å². The number of nitrogens with zero attached hydrogens (tertiary/aromatic N) is 3. The van der Waals surface area contributed by atoms with Crippen molar-refractivity contribution in [2.24, 2.45) is 0 Å². The molecule has 2 rings (SSSR count). The summed E-state index contributed by atoms with van der Waals surface area (Å²) in [7, 11) is 0. The third kappa shape index (κ3) is 3.66. The molecule has 1 aliphatic heterocycles. The first-order valence-corrected chi connectivity index (χ1v) is 7.23. The summed E-state index contributed by atoms with van der Waals surface area (Å²) in [5.74, 6) is 0.648. The molecule has 0 saturated carbocycles. The summed E-state index contributed by atoms with van der Waals surface area (Å²) in [6, 6.07) is 3.51. The number of likely N-dealkylation sites (tertiary alicyclic amines) is 1. The summed E-state index contributed by atoms with van der Waals surface area (Å²) in [4.78, 5) is 14.1. The van der Waals surface area contributed by atoms with Crippen molar-refractivity contribution in [1.82, 2.24) is 15.1 Å². The molecule has 0 aliphatic carbocycles. The molecular formula is C14H22N4O2. The Morgan fingerprint density at radius 1 is 1.35 bits per heavy atom. The van der Waals surface area contributed by atoms with Crippen LogP contribution in [0.1, 0.15) is 37.2 Å². The van der Waals surface area contributed by atoms with Gasteiger partial charge in [0.1, 0.15) is 5.82 Å². The van der Waals surface area contributed by atoms with Crippen LogP contribution in [0.25, 0.3) is 0 Å². The fourth-order valence-electron chi connectivity index (χ4n) is 2.34. The maximum Gasteiger partial charge on any atom is 0.274 e. The summed E-state index contributed by atoms with van der Waals surface area (Å²) >= 11 is 0. The topological polar surface area (TPSA) is 67.4 Å². The first-order chi connectivity index (χ1) is 9.74. The zero-order chi connectivity index (χ0) is 14.4. The molecule has 110 valence electrons. The van der Waals surface area contributed by atoms with Crippen LogP contribution in [0.5, 0.6) is 0 Å². The van der Waals surface area contributed by atoms with Crippen LogP contribution < -0.4 is 5.32 Å². The average Bonchev–Trinajstić information content (AvgIpc) is 2.49. The Labute approximate surface area is 119 Å². The molecule has 0 spiro atoms. The van der Waals surface area contributed by atoms with Crippen molar-refractivity contribution >= 4 is 11.7 Å². The highest BCUT2D eigenvalue weighted by Gasteiger charge is 2.24. The molecule has 2 heterocycles. The lowest BCUT2D eigenvalue weighted by molar-refractivity contribution is 0.0144. The molecule has 0 unspecified atom stereocenters. The number of rotatable bonds is 5. The molecule has 1 aliphatic rings. The third-order valence-corrected chi connectivity index (χ3v) is 3.37. The molecule has 1 aromatic heterocycles. The lowest BCUT2D eigenvalue weighted by atomic mass is 10.1. The van der Waals surface area contributed by atoms with Crippen molar-refractivity contribution in [1.29, 1.82) is 0 Å². The van der Waals surface area contributed by atoms with E-state index in [0.29, 0.717) is 11.5 Å². The summed E-state index contributed by atoms with van der Waals surface area (Å²) in [6.07, 6.45) is 2.07. The van der Waals surface area contributed by atoms with Gasteiger partial charge in [0.15, 0.2) is 5.69 Å². The highest BCUT2D eigenvalue weighted by molar-refractivity contribution is 5.92. The second kappa shape index (κ2) is 7.19. The quantitative estimate of drug-likeness (QED) is 0.885. The smallest absolute Gasteiger partial charge is 0.274 e. The van der Waals surface area contributed by atoms with Gasteiger partial charge in [-0.15, -0.1) is 10.2 Å². The molecule has 0 aromatic carbocycles. The van der Waals surface area contributed by atoms with Gasteiger partial charge in [-0.1, -0.05) is 0 Å². The largest absolute Gasteiger partial charge is 0.378 e.